The molecule has 0 radical (unpaired) electrons. The molecule has 168 valence electrons. The van der Waals surface area contributed by atoms with Crippen molar-refractivity contribution in [2.45, 2.75) is 39.7 Å². The number of carbonyl (C=O) groups is 2. The third kappa shape index (κ3) is 6.23. The van der Waals surface area contributed by atoms with E-state index < -0.39 is 5.97 Å². The number of carboxylic acids is 1. The third-order valence-electron chi connectivity index (χ3n) is 5.21. The Morgan fingerprint density at radius 2 is 1.72 bits per heavy atom. The van der Waals surface area contributed by atoms with Crippen molar-refractivity contribution in [3.63, 3.8) is 0 Å². The lowest BCUT2D eigenvalue weighted by Gasteiger charge is -2.21. The zero-order chi connectivity index (χ0) is 23.1. The van der Waals surface area contributed by atoms with Gasteiger partial charge in [0.05, 0.1) is 12.5 Å². The predicted molar refractivity (Wildman–Crippen MR) is 126 cm³/mol. The van der Waals surface area contributed by atoms with Crippen LogP contribution in [0.2, 0.25) is 0 Å². The lowest BCUT2D eigenvalue weighted by atomic mass is 9.96. The predicted octanol–water partition coefficient (Wildman–Crippen LogP) is 5.66. The summed E-state index contributed by atoms with van der Waals surface area (Å²) in [5, 5.41) is 14.9. The Morgan fingerprint density at radius 3 is 2.34 bits per heavy atom. The quantitative estimate of drug-likeness (QED) is 0.383. The first-order valence-corrected chi connectivity index (χ1v) is 10.9. The second-order valence-electron chi connectivity index (χ2n) is 8.29. The Hall–Kier alpha value is -3.54. The SMILES string of the molecule is Cc1oc(-c2ccccc2)cc1C(CC(C)C)Nc1ccc(C(=O)NCCC(=O)O)cc1. The second-order valence-corrected chi connectivity index (χ2v) is 8.29. The first-order chi connectivity index (χ1) is 15.3. The van der Waals surface area contributed by atoms with E-state index in [1.807, 2.05) is 49.4 Å². The van der Waals surface area contributed by atoms with Crippen LogP contribution in [-0.2, 0) is 4.79 Å². The minimum Gasteiger partial charge on any atom is -0.481 e. The number of amides is 1. The number of carbonyl (C=O) groups excluding carboxylic acids is 1. The Bertz CT molecular complexity index is 1040. The Kier molecular flexibility index (Phi) is 7.71. The van der Waals surface area contributed by atoms with Gasteiger partial charge in [-0.1, -0.05) is 44.2 Å². The van der Waals surface area contributed by atoms with Gasteiger partial charge in [-0.15, -0.1) is 0 Å². The van der Waals surface area contributed by atoms with Crippen LogP contribution in [0.1, 0.15) is 54.4 Å². The summed E-state index contributed by atoms with van der Waals surface area (Å²) in [6, 6.07) is 19.4. The molecule has 1 aromatic heterocycles. The summed E-state index contributed by atoms with van der Waals surface area (Å²) in [5.74, 6) is 0.987. The molecular weight excluding hydrogens is 404 g/mol. The maximum Gasteiger partial charge on any atom is 0.305 e. The van der Waals surface area contributed by atoms with Gasteiger partial charge < -0.3 is 20.2 Å². The van der Waals surface area contributed by atoms with E-state index >= 15 is 0 Å². The van der Waals surface area contributed by atoms with Crippen molar-refractivity contribution < 1.29 is 19.1 Å². The largest absolute Gasteiger partial charge is 0.481 e. The highest BCUT2D eigenvalue weighted by molar-refractivity contribution is 5.94. The van der Waals surface area contributed by atoms with Crippen LogP contribution in [0.3, 0.4) is 0 Å². The number of furan rings is 1. The van der Waals surface area contributed by atoms with Crippen LogP contribution in [0, 0.1) is 12.8 Å². The van der Waals surface area contributed by atoms with Crippen molar-refractivity contribution in [2.24, 2.45) is 5.92 Å². The van der Waals surface area contributed by atoms with E-state index in [1.54, 1.807) is 12.1 Å². The van der Waals surface area contributed by atoms with Gasteiger partial charge in [-0.05, 0) is 49.6 Å². The number of carboxylic acid groups (broad SMARTS) is 1. The molecule has 0 saturated carbocycles. The van der Waals surface area contributed by atoms with Crippen LogP contribution >= 0.6 is 0 Å². The molecule has 0 aliphatic rings. The number of aliphatic carboxylic acids is 1. The van der Waals surface area contributed by atoms with Crippen molar-refractivity contribution in [1.82, 2.24) is 5.32 Å². The summed E-state index contributed by atoms with van der Waals surface area (Å²) in [6.45, 7) is 6.47. The van der Waals surface area contributed by atoms with Crippen molar-refractivity contribution in [3.8, 4) is 11.3 Å². The molecule has 0 fully saturated rings. The van der Waals surface area contributed by atoms with Crippen molar-refractivity contribution >= 4 is 17.6 Å². The maximum absolute atomic E-state index is 12.2. The number of hydrogen-bond donors (Lipinski definition) is 3. The molecule has 1 heterocycles. The summed E-state index contributed by atoms with van der Waals surface area (Å²) in [4.78, 5) is 22.8. The molecule has 0 bridgehead atoms. The van der Waals surface area contributed by atoms with E-state index in [2.05, 4.69) is 30.5 Å². The monoisotopic (exact) mass is 434 g/mol. The lowest BCUT2D eigenvalue weighted by molar-refractivity contribution is -0.136. The topological polar surface area (TPSA) is 91.6 Å². The molecule has 1 amide bonds. The molecule has 0 aliphatic heterocycles. The minimum atomic E-state index is -0.939. The van der Waals surface area contributed by atoms with Crippen LogP contribution in [0.15, 0.2) is 65.1 Å². The fourth-order valence-corrected chi connectivity index (χ4v) is 3.63. The molecule has 2 aromatic carbocycles. The fraction of sp³-hybridized carbons (Fsp3) is 0.308. The van der Waals surface area contributed by atoms with Crippen LogP contribution in [0.25, 0.3) is 11.3 Å². The zero-order valence-electron chi connectivity index (χ0n) is 18.7. The average Bonchev–Trinajstić information content (AvgIpc) is 3.15. The van der Waals surface area contributed by atoms with Gasteiger partial charge >= 0.3 is 5.97 Å². The lowest BCUT2D eigenvalue weighted by Crippen LogP contribution is -2.25. The Morgan fingerprint density at radius 1 is 1.03 bits per heavy atom. The standard InChI is InChI=1S/C26H30N2O4/c1-17(2)15-23(22-16-24(32-18(22)3)19-7-5-4-6-8-19)28-21-11-9-20(10-12-21)26(31)27-14-13-25(29)30/h4-12,16-17,23,28H,13-15H2,1-3H3,(H,27,31)(H,29,30). The van der Waals surface area contributed by atoms with Crippen molar-refractivity contribution in [2.75, 3.05) is 11.9 Å². The summed E-state index contributed by atoms with van der Waals surface area (Å²) < 4.78 is 6.07. The van der Waals surface area contributed by atoms with Gasteiger partial charge in [-0.25, -0.2) is 0 Å². The van der Waals surface area contributed by atoms with Gasteiger partial charge in [0.25, 0.3) is 5.91 Å². The van der Waals surface area contributed by atoms with Crippen LogP contribution < -0.4 is 10.6 Å². The number of anilines is 1. The highest BCUT2D eigenvalue weighted by atomic mass is 16.4. The smallest absolute Gasteiger partial charge is 0.305 e. The maximum atomic E-state index is 12.2. The molecular formula is C26H30N2O4. The molecule has 1 atom stereocenters. The van der Waals surface area contributed by atoms with E-state index in [0.717, 1.165) is 34.8 Å². The van der Waals surface area contributed by atoms with Crippen molar-refractivity contribution in [1.29, 1.82) is 0 Å². The molecule has 6 heteroatoms. The first kappa shape index (κ1) is 23.1. The number of rotatable bonds is 10. The molecule has 0 saturated heterocycles. The molecule has 3 N–H and O–H groups in total. The van der Waals surface area contributed by atoms with Crippen LogP contribution in [0.4, 0.5) is 5.69 Å². The van der Waals surface area contributed by atoms with Crippen molar-refractivity contribution in [3.05, 3.63) is 77.6 Å². The molecule has 0 spiro atoms. The second kappa shape index (κ2) is 10.7. The average molecular weight is 435 g/mol. The first-order valence-electron chi connectivity index (χ1n) is 10.9. The van der Waals surface area contributed by atoms with E-state index in [-0.39, 0.29) is 24.9 Å². The molecule has 6 nitrogen and oxygen atoms in total. The van der Waals surface area contributed by atoms with E-state index in [9.17, 15) is 9.59 Å². The summed E-state index contributed by atoms with van der Waals surface area (Å²) in [5.41, 5.74) is 3.56. The number of hydrogen-bond acceptors (Lipinski definition) is 4. The van der Waals surface area contributed by atoms with Gasteiger partial charge in [0, 0.05) is 28.9 Å². The van der Waals surface area contributed by atoms with E-state index in [0.29, 0.717) is 11.5 Å². The highest BCUT2D eigenvalue weighted by Crippen LogP contribution is 2.34. The van der Waals surface area contributed by atoms with E-state index in [1.165, 1.54) is 0 Å². The molecule has 0 aliphatic carbocycles. The molecule has 1 unspecified atom stereocenters. The van der Waals surface area contributed by atoms with Gasteiger partial charge in [-0.2, -0.15) is 0 Å². The molecule has 3 aromatic rings. The van der Waals surface area contributed by atoms with Crippen LogP contribution in [-0.4, -0.2) is 23.5 Å². The van der Waals surface area contributed by atoms with Gasteiger partial charge in [0.1, 0.15) is 11.5 Å². The molecule has 3 rings (SSSR count). The summed E-state index contributed by atoms with van der Waals surface area (Å²) >= 11 is 0. The van der Waals surface area contributed by atoms with E-state index in [4.69, 9.17) is 9.52 Å². The fourth-order valence-electron chi connectivity index (χ4n) is 3.63. The summed E-state index contributed by atoms with van der Waals surface area (Å²) in [6.07, 6.45) is 0.823. The minimum absolute atomic E-state index is 0.0615. The zero-order valence-corrected chi connectivity index (χ0v) is 18.7. The Labute approximate surface area is 188 Å². The van der Waals surface area contributed by atoms with Gasteiger partial charge in [-0.3, -0.25) is 9.59 Å². The van der Waals surface area contributed by atoms with Gasteiger partial charge in [0.15, 0.2) is 0 Å². The Balaban J connectivity index is 1.74. The third-order valence-corrected chi connectivity index (χ3v) is 5.21. The normalized spacial score (nSPS) is 11.9. The summed E-state index contributed by atoms with van der Waals surface area (Å²) in [7, 11) is 0. The van der Waals surface area contributed by atoms with Crippen LogP contribution in [0.5, 0.6) is 0 Å². The highest BCUT2D eigenvalue weighted by Gasteiger charge is 2.20. The number of aryl methyl sites for hydroxylation is 1. The van der Waals surface area contributed by atoms with Gasteiger partial charge in [0.2, 0.25) is 0 Å². The number of nitrogens with one attached hydrogen (secondary N) is 2. The molecule has 32 heavy (non-hydrogen) atoms. The number of benzene rings is 2.